The quantitative estimate of drug-likeness (QED) is 0.509. The highest BCUT2D eigenvalue weighted by atomic mass is 35.5. The van der Waals surface area contributed by atoms with Gasteiger partial charge in [-0.1, -0.05) is 6.42 Å². The summed E-state index contributed by atoms with van der Waals surface area (Å²) in [4.78, 5) is 0. The van der Waals surface area contributed by atoms with Gasteiger partial charge in [0.25, 0.3) is 0 Å². The second kappa shape index (κ2) is 1.94. The maximum atomic E-state index is 6.33. The Kier molecular flexibility index (Phi) is 1.19. The summed E-state index contributed by atoms with van der Waals surface area (Å²) in [5.74, 6) is 0.706. The molecule has 3 fully saturated rings. The molecule has 2 aliphatic carbocycles. The molecular formula is C9H13ClO. The zero-order valence-corrected chi connectivity index (χ0v) is 7.31. The van der Waals surface area contributed by atoms with E-state index in [0.717, 1.165) is 6.61 Å². The van der Waals surface area contributed by atoms with Gasteiger partial charge in [0.2, 0.25) is 0 Å². The zero-order valence-electron chi connectivity index (χ0n) is 6.55. The summed E-state index contributed by atoms with van der Waals surface area (Å²) in [7, 11) is 0. The first-order valence-corrected chi connectivity index (χ1v) is 5.04. The minimum Gasteiger partial charge on any atom is -0.377 e. The summed E-state index contributed by atoms with van der Waals surface area (Å²) in [6.45, 7) is 0.959. The number of fused-ring (bicyclic) bond motifs is 2. The van der Waals surface area contributed by atoms with Crippen molar-refractivity contribution >= 4 is 11.6 Å². The maximum absolute atomic E-state index is 6.33. The van der Waals surface area contributed by atoms with Gasteiger partial charge in [-0.3, -0.25) is 0 Å². The number of hydrogen-bond donors (Lipinski definition) is 0. The van der Waals surface area contributed by atoms with Crippen molar-refractivity contribution in [1.29, 1.82) is 0 Å². The van der Waals surface area contributed by atoms with Crippen molar-refractivity contribution in [3.63, 3.8) is 0 Å². The van der Waals surface area contributed by atoms with E-state index < -0.39 is 0 Å². The highest BCUT2D eigenvalue weighted by molar-refractivity contribution is 6.22. The molecule has 1 heterocycles. The van der Waals surface area contributed by atoms with Gasteiger partial charge in [-0.15, -0.1) is 11.6 Å². The standard InChI is InChI=1S/C9H13ClO/c10-7-6-2-5-11-8(6)9(7)3-1-4-9/h6-8H,1-5H2/t6-,7-,8-/m1/s1. The van der Waals surface area contributed by atoms with Crippen LogP contribution in [0.5, 0.6) is 0 Å². The van der Waals surface area contributed by atoms with Gasteiger partial charge in [0.05, 0.1) is 6.10 Å². The molecule has 2 saturated carbocycles. The molecule has 11 heavy (non-hydrogen) atoms. The molecule has 0 N–H and O–H groups in total. The first-order valence-electron chi connectivity index (χ1n) is 4.60. The van der Waals surface area contributed by atoms with E-state index in [1.54, 1.807) is 0 Å². The van der Waals surface area contributed by atoms with Crippen LogP contribution in [0.4, 0.5) is 0 Å². The average Bonchev–Trinajstić information content (AvgIpc) is 2.29. The van der Waals surface area contributed by atoms with Crippen molar-refractivity contribution in [2.24, 2.45) is 11.3 Å². The lowest BCUT2D eigenvalue weighted by atomic mass is 9.49. The molecule has 3 atom stereocenters. The van der Waals surface area contributed by atoms with Gasteiger partial charge in [0.1, 0.15) is 0 Å². The van der Waals surface area contributed by atoms with Crippen LogP contribution >= 0.6 is 11.6 Å². The summed E-state index contributed by atoms with van der Waals surface area (Å²) < 4.78 is 5.70. The van der Waals surface area contributed by atoms with Crippen LogP contribution in [0.3, 0.4) is 0 Å². The lowest BCUT2D eigenvalue weighted by Crippen LogP contribution is -2.63. The van der Waals surface area contributed by atoms with Crippen molar-refractivity contribution in [2.45, 2.75) is 37.2 Å². The molecule has 2 heteroatoms. The second-order valence-electron chi connectivity index (χ2n) is 4.23. The highest BCUT2D eigenvalue weighted by Gasteiger charge is 2.65. The molecule has 0 aromatic carbocycles. The van der Waals surface area contributed by atoms with Gasteiger partial charge in [-0.2, -0.15) is 0 Å². The predicted molar refractivity (Wildman–Crippen MR) is 43.8 cm³/mol. The van der Waals surface area contributed by atoms with Gasteiger partial charge in [-0.05, 0) is 19.3 Å². The molecule has 0 bridgehead atoms. The van der Waals surface area contributed by atoms with Gasteiger partial charge in [0.15, 0.2) is 0 Å². The van der Waals surface area contributed by atoms with E-state index >= 15 is 0 Å². The van der Waals surface area contributed by atoms with E-state index in [-0.39, 0.29) is 0 Å². The third-order valence-electron chi connectivity index (χ3n) is 3.91. The molecule has 0 unspecified atom stereocenters. The van der Waals surface area contributed by atoms with Crippen LogP contribution in [0, 0.1) is 11.3 Å². The number of halogens is 1. The van der Waals surface area contributed by atoms with E-state index in [9.17, 15) is 0 Å². The fourth-order valence-corrected chi connectivity index (χ4v) is 3.71. The first kappa shape index (κ1) is 6.73. The number of hydrogen-bond acceptors (Lipinski definition) is 1. The van der Waals surface area contributed by atoms with Gasteiger partial charge in [-0.25, -0.2) is 0 Å². The van der Waals surface area contributed by atoms with Crippen LogP contribution in [0.2, 0.25) is 0 Å². The van der Waals surface area contributed by atoms with Crippen molar-refractivity contribution < 1.29 is 4.74 Å². The Morgan fingerprint density at radius 1 is 1.36 bits per heavy atom. The lowest BCUT2D eigenvalue weighted by Gasteiger charge is -2.60. The molecule has 3 aliphatic rings. The van der Waals surface area contributed by atoms with E-state index in [1.165, 1.54) is 25.7 Å². The van der Waals surface area contributed by atoms with E-state index in [2.05, 4.69) is 0 Å². The molecular weight excluding hydrogens is 160 g/mol. The Bertz CT molecular complexity index is 188. The molecule has 1 spiro atoms. The van der Waals surface area contributed by atoms with Crippen LogP contribution in [0.15, 0.2) is 0 Å². The molecule has 0 aromatic heterocycles. The normalized spacial score (nSPS) is 51.5. The minimum atomic E-state index is 0.447. The third kappa shape index (κ3) is 0.595. The summed E-state index contributed by atoms with van der Waals surface area (Å²) in [5, 5.41) is 0.448. The van der Waals surface area contributed by atoms with Crippen molar-refractivity contribution in [1.82, 2.24) is 0 Å². The maximum Gasteiger partial charge on any atom is 0.0688 e. The second-order valence-corrected chi connectivity index (χ2v) is 4.70. The fraction of sp³-hybridized carbons (Fsp3) is 1.00. The Balaban J connectivity index is 1.86. The zero-order chi connectivity index (χ0) is 7.47. The van der Waals surface area contributed by atoms with E-state index in [0.29, 0.717) is 22.8 Å². The lowest BCUT2D eigenvalue weighted by molar-refractivity contribution is -0.142. The largest absolute Gasteiger partial charge is 0.377 e. The summed E-state index contributed by atoms with van der Waals surface area (Å²) >= 11 is 6.33. The molecule has 62 valence electrons. The smallest absolute Gasteiger partial charge is 0.0688 e. The van der Waals surface area contributed by atoms with Gasteiger partial charge >= 0.3 is 0 Å². The predicted octanol–water partition coefficient (Wildman–Crippen LogP) is 2.18. The molecule has 1 saturated heterocycles. The van der Waals surface area contributed by atoms with Crippen molar-refractivity contribution in [3.05, 3.63) is 0 Å². The molecule has 0 aromatic rings. The van der Waals surface area contributed by atoms with E-state index in [1.807, 2.05) is 0 Å². The fourth-order valence-electron chi connectivity index (χ4n) is 3.11. The molecule has 1 aliphatic heterocycles. The monoisotopic (exact) mass is 172 g/mol. The Morgan fingerprint density at radius 2 is 2.18 bits per heavy atom. The molecule has 0 radical (unpaired) electrons. The average molecular weight is 173 g/mol. The molecule has 1 nitrogen and oxygen atoms in total. The van der Waals surface area contributed by atoms with Gasteiger partial charge < -0.3 is 4.74 Å². The van der Waals surface area contributed by atoms with E-state index in [4.69, 9.17) is 16.3 Å². The topological polar surface area (TPSA) is 9.23 Å². The van der Waals surface area contributed by atoms with Crippen molar-refractivity contribution in [2.75, 3.05) is 6.61 Å². The van der Waals surface area contributed by atoms with Crippen LogP contribution in [-0.4, -0.2) is 18.1 Å². The summed E-state index contributed by atoms with van der Waals surface area (Å²) in [6, 6.07) is 0. The number of rotatable bonds is 0. The Labute approximate surface area is 72.1 Å². The van der Waals surface area contributed by atoms with Crippen molar-refractivity contribution in [3.8, 4) is 0 Å². The third-order valence-corrected chi connectivity index (χ3v) is 4.67. The number of alkyl halides is 1. The Morgan fingerprint density at radius 3 is 2.82 bits per heavy atom. The van der Waals surface area contributed by atoms with Crippen LogP contribution in [0.25, 0.3) is 0 Å². The number of ether oxygens (including phenoxy) is 1. The molecule has 0 amide bonds. The summed E-state index contributed by atoms with van der Waals surface area (Å²) in [6.07, 6.45) is 5.78. The van der Waals surface area contributed by atoms with Crippen LogP contribution in [-0.2, 0) is 4.74 Å². The molecule has 3 rings (SSSR count). The summed E-state index contributed by atoms with van der Waals surface area (Å²) in [5.41, 5.74) is 0.447. The minimum absolute atomic E-state index is 0.447. The SMILES string of the molecule is Cl[C@@H]1[C@H]2CCO[C@H]2C12CCC2. The highest BCUT2D eigenvalue weighted by Crippen LogP contribution is 2.64. The van der Waals surface area contributed by atoms with Gasteiger partial charge in [0, 0.05) is 23.3 Å². The first-order chi connectivity index (χ1) is 5.34. The van der Waals surface area contributed by atoms with Crippen LogP contribution in [0.1, 0.15) is 25.7 Å². The van der Waals surface area contributed by atoms with Crippen LogP contribution < -0.4 is 0 Å². The Hall–Kier alpha value is 0.250.